The summed E-state index contributed by atoms with van der Waals surface area (Å²) < 4.78 is 18.2. The van der Waals surface area contributed by atoms with E-state index in [2.05, 4.69) is 15.7 Å². The molecule has 238 valence electrons. The molecule has 0 saturated carbocycles. The third-order valence-electron chi connectivity index (χ3n) is 6.65. The standard InChI is InChI=1S/C30H47N7O6/c1-10-36-25(20(18-32-36)13-12-16-31-8)34-23-14-11-15-24(33-23)37(28(40)43-30(5,6)7)21-17-22(26(38)41-9)35(19-21)27(39)42-29(2,3)4/h11,14-15,18,21-22,31H,10,12-13,16-17,19H2,1-9H3,(H,33,34)/t21-,22-/m0/s1. The molecule has 1 fully saturated rings. The SMILES string of the molecule is CCn1ncc(CCCNC)c1Nc1cccc(N(C(=O)OC(C)(C)C)[C@H]2C[C@@H](C(=O)OC)N(C(=O)OC(C)(C)C)C2)n1. The van der Waals surface area contributed by atoms with Gasteiger partial charge in [-0.2, -0.15) is 5.10 Å². The number of rotatable bonds is 10. The summed E-state index contributed by atoms with van der Waals surface area (Å²) in [5.74, 6) is 1.04. The van der Waals surface area contributed by atoms with E-state index in [1.165, 1.54) is 16.9 Å². The maximum atomic E-state index is 13.7. The summed E-state index contributed by atoms with van der Waals surface area (Å²) in [6.07, 6.45) is 2.42. The Morgan fingerprint density at radius 1 is 1.09 bits per heavy atom. The minimum absolute atomic E-state index is 0.0193. The van der Waals surface area contributed by atoms with Crippen molar-refractivity contribution in [2.75, 3.05) is 37.5 Å². The van der Waals surface area contributed by atoms with Crippen molar-refractivity contribution in [3.8, 4) is 0 Å². The molecule has 2 atom stereocenters. The summed E-state index contributed by atoms with van der Waals surface area (Å²) in [6.45, 7) is 14.1. The largest absolute Gasteiger partial charge is 0.467 e. The lowest BCUT2D eigenvalue weighted by molar-refractivity contribution is -0.145. The van der Waals surface area contributed by atoms with E-state index in [0.29, 0.717) is 18.2 Å². The minimum Gasteiger partial charge on any atom is -0.467 e. The Bertz CT molecular complexity index is 1270. The number of aromatic nitrogens is 3. The number of methoxy groups -OCH3 is 1. The first-order valence-electron chi connectivity index (χ1n) is 14.7. The summed E-state index contributed by atoms with van der Waals surface area (Å²) in [6, 6.07) is 3.69. The van der Waals surface area contributed by atoms with Crippen LogP contribution < -0.4 is 15.5 Å². The van der Waals surface area contributed by atoms with E-state index in [4.69, 9.17) is 19.2 Å². The van der Waals surface area contributed by atoms with Gasteiger partial charge in [-0.05, 0) is 87.0 Å². The third kappa shape index (κ3) is 9.06. The van der Waals surface area contributed by atoms with Crippen LogP contribution in [0.5, 0.6) is 0 Å². The van der Waals surface area contributed by atoms with Crippen LogP contribution in [0.25, 0.3) is 0 Å². The molecule has 3 heterocycles. The first-order chi connectivity index (χ1) is 20.2. The molecule has 43 heavy (non-hydrogen) atoms. The molecule has 3 rings (SSSR count). The second kappa shape index (κ2) is 14.1. The van der Waals surface area contributed by atoms with Crippen LogP contribution in [-0.2, 0) is 32.0 Å². The molecule has 1 aliphatic heterocycles. The smallest absolute Gasteiger partial charge is 0.416 e. The van der Waals surface area contributed by atoms with Gasteiger partial charge in [-0.3, -0.25) is 9.80 Å². The van der Waals surface area contributed by atoms with E-state index in [9.17, 15) is 14.4 Å². The van der Waals surface area contributed by atoms with Crippen LogP contribution in [0.15, 0.2) is 24.4 Å². The number of carbonyl (C=O) groups excluding carboxylic acids is 3. The van der Waals surface area contributed by atoms with Crippen LogP contribution >= 0.6 is 0 Å². The Labute approximate surface area is 254 Å². The van der Waals surface area contributed by atoms with Gasteiger partial charge in [0.2, 0.25) is 0 Å². The normalized spacial score (nSPS) is 17.0. The number of hydrogen-bond acceptors (Lipinski definition) is 10. The Hall–Kier alpha value is -3.87. The molecule has 0 spiro atoms. The number of ether oxygens (including phenoxy) is 3. The zero-order chi connectivity index (χ0) is 31.9. The number of pyridine rings is 1. The summed E-state index contributed by atoms with van der Waals surface area (Å²) in [5, 5.41) is 11.1. The lowest BCUT2D eigenvalue weighted by atomic mass is 10.1. The fraction of sp³-hybridized carbons (Fsp3) is 0.633. The molecule has 0 aliphatic carbocycles. The predicted octanol–water partition coefficient (Wildman–Crippen LogP) is 4.49. The number of nitrogens with one attached hydrogen (secondary N) is 2. The van der Waals surface area contributed by atoms with Crippen molar-refractivity contribution in [2.45, 2.75) is 97.6 Å². The Morgan fingerprint density at radius 3 is 2.40 bits per heavy atom. The molecule has 0 unspecified atom stereocenters. The van der Waals surface area contributed by atoms with Crippen molar-refractivity contribution in [3.05, 3.63) is 30.0 Å². The van der Waals surface area contributed by atoms with Crippen molar-refractivity contribution in [2.24, 2.45) is 0 Å². The van der Waals surface area contributed by atoms with E-state index in [1.54, 1.807) is 59.7 Å². The van der Waals surface area contributed by atoms with Crippen molar-refractivity contribution in [1.29, 1.82) is 0 Å². The molecular weight excluding hydrogens is 554 g/mol. The maximum absolute atomic E-state index is 13.7. The molecular formula is C30H47N7O6. The van der Waals surface area contributed by atoms with E-state index in [1.807, 2.05) is 24.9 Å². The van der Waals surface area contributed by atoms with Gasteiger partial charge < -0.3 is 24.8 Å². The molecule has 0 bridgehead atoms. The topological polar surface area (TPSA) is 140 Å². The summed E-state index contributed by atoms with van der Waals surface area (Å²) in [4.78, 5) is 47.1. The maximum Gasteiger partial charge on any atom is 0.416 e. The number of esters is 1. The average Bonchev–Trinajstić information content (AvgIpc) is 3.51. The first-order valence-corrected chi connectivity index (χ1v) is 14.7. The number of aryl methyl sites for hydroxylation is 2. The summed E-state index contributed by atoms with van der Waals surface area (Å²) in [7, 11) is 3.18. The van der Waals surface area contributed by atoms with E-state index in [0.717, 1.165) is 30.8 Å². The Balaban J connectivity index is 1.99. The molecule has 2 aromatic rings. The van der Waals surface area contributed by atoms with Gasteiger partial charge in [-0.1, -0.05) is 6.07 Å². The van der Waals surface area contributed by atoms with Gasteiger partial charge in [-0.15, -0.1) is 0 Å². The average molecular weight is 602 g/mol. The van der Waals surface area contributed by atoms with Gasteiger partial charge in [0.25, 0.3) is 0 Å². The second-order valence-electron chi connectivity index (χ2n) is 12.5. The molecule has 1 saturated heterocycles. The second-order valence-corrected chi connectivity index (χ2v) is 12.5. The highest BCUT2D eigenvalue weighted by Crippen LogP contribution is 2.31. The van der Waals surface area contributed by atoms with Crippen LogP contribution in [0.1, 0.15) is 66.9 Å². The minimum atomic E-state index is -0.949. The lowest BCUT2D eigenvalue weighted by Gasteiger charge is -2.31. The monoisotopic (exact) mass is 601 g/mol. The van der Waals surface area contributed by atoms with Gasteiger partial charge in [0, 0.05) is 25.1 Å². The molecule has 2 amide bonds. The van der Waals surface area contributed by atoms with Crippen LogP contribution in [0.4, 0.5) is 27.0 Å². The van der Waals surface area contributed by atoms with Crippen molar-refractivity contribution < 1.29 is 28.6 Å². The Kier molecular flexibility index (Phi) is 11.0. The van der Waals surface area contributed by atoms with Gasteiger partial charge in [-0.25, -0.2) is 24.0 Å². The summed E-state index contributed by atoms with van der Waals surface area (Å²) >= 11 is 0. The molecule has 0 aromatic carbocycles. The lowest BCUT2D eigenvalue weighted by Crippen LogP contribution is -2.46. The molecule has 2 N–H and O–H groups in total. The van der Waals surface area contributed by atoms with E-state index >= 15 is 0 Å². The van der Waals surface area contributed by atoms with Crippen molar-refractivity contribution in [3.63, 3.8) is 0 Å². The van der Waals surface area contributed by atoms with Crippen LogP contribution in [0, 0.1) is 0 Å². The highest BCUT2D eigenvalue weighted by molar-refractivity contribution is 5.89. The number of anilines is 3. The number of amides is 2. The summed E-state index contributed by atoms with van der Waals surface area (Å²) in [5.41, 5.74) is -0.524. The Morgan fingerprint density at radius 2 is 1.79 bits per heavy atom. The number of likely N-dealkylation sites (tertiary alicyclic amines) is 1. The fourth-order valence-electron chi connectivity index (χ4n) is 4.82. The predicted molar refractivity (Wildman–Crippen MR) is 164 cm³/mol. The van der Waals surface area contributed by atoms with Gasteiger partial charge >= 0.3 is 18.2 Å². The van der Waals surface area contributed by atoms with Gasteiger partial charge in [0.15, 0.2) is 0 Å². The van der Waals surface area contributed by atoms with Gasteiger partial charge in [0.05, 0.1) is 19.3 Å². The van der Waals surface area contributed by atoms with Gasteiger partial charge in [0.1, 0.15) is 34.7 Å². The van der Waals surface area contributed by atoms with E-state index < -0.39 is 41.4 Å². The number of carbonyl (C=O) groups is 3. The number of hydrogen-bond donors (Lipinski definition) is 2. The zero-order valence-electron chi connectivity index (χ0n) is 26.9. The van der Waals surface area contributed by atoms with Crippen molar-refractivity contribution >= 4 is 35.6 Å². The van der Waals surface area contributed by atoms with Crippen LogP contribution in [0.2, 0.25) is 0 Å². The van der Waals surface area contributed by atoms with Crippen molar-refractivity contribution in [1.82, 2.24) is 25.0 Å². The molecule has 0 radical (unpaired) electrons. The van der Waals surface area contributed by atoms with E-state index in [-0.39, 0.29) is 13.0 Å². The van der Waals surface area contributed by atoms with Crippen LogP contribution in [0.3, 0.4) is 0 Å². The quantitative estimate of drug-likeness (QED) is 0.227. The number of nitrogens with zero attached hydrogens (tertiary/aromatic N) is 5. The molecule has 13 nitrogen and oxygen atoms in total. The van der Waals surface area contributed by atoms with Crippen LogP contribution in [-0.4, -0.2) is 88.4 Å². The third-order valence-corrected chi connectivity index (χ3v) is 6.65. The first kappa shape index (κ1) is 33.6. The fourth-order valence-corrected chi connectivity index (χ4v) is 4.82. The molecule has 13 heteroatoms. The molecule has 1 aliphatic rings. The zero-order valence-corrected chi connectivity index (χ0v) is 26.9. The molecule has 2 aromatic heterocycles. The highest BCUT2D eigenvalue weighted by atomic mass is 16.6. The highest BCUT2D eigenvalue weighted by Gasteiger charge is 2.46.